The average molecular weight is 368 g/mol. The molecule has 21 heavy (non-hydrogen) atoms. The highest BCUT2D eigenvalue weighted by molar-refractivity contribution is 9.11. The molecule has 112 valence electrons. The van der Waals surface area contributed by atoms with Crippen LogP contribution in [0.2, 0.25) is 0 Å². The van der Waals surface area contributed by atoms with Crippen LogP contribution in [-0.2, 0) is 17.9 Å². The molecular weight excluding hydrogens is 350 g/mol. The maximum atomic E-state index is 12.2. The Morgan fingerprint density at radius 1 is 1.33 bits per heavy atom. The van der Waals surface area contributed by atoms with Crippen LogP contribution < -0.4 is 5.32 Å². The van der Waals surface area contributed by atoms with Gasteiger partial charge in [-0.05, 0) is 52.5 Å². The van der Waals surface area contributed by atoms with Crippen LogP contribution in [-0.4, -0.2) is 12.5 Å². The largest absolute Gasteiger partial charge is 0.377 e. The second kappa shape index (κ2) is 7.73. The average Bonchev–Trinajstić information content (AvgIpc) is 2.83. The Kier molecular flexibility index (Phi) is 5.96. The number of aryl methyl sites for hydroxylation is 1. The number of carbonyl (C=O) groups excluding carboxylic acids is 1. The number of carbonyl (C=O) groups is 1. The minimum atomic E-state index is -0.0417. The second-order valence-corrected chi connectivity index (χ2v) is 7.03. The predicted molar refractivity (Wildman–Crippen MR) is 89.7 cm³/mol. The van der Waals surface area contributed by atoms with Crippen molar-refractivity contribution in [3.05, 3.63) is 55.7 Å². The van der Waals surface area contributed by atoms with Gasteiger partial charge in [-0.15, -0.1) is 11.3 Å². The summed E-state index contributed by atoms with van der Waals surface area (Å²) in [6, 6.07) is 9.91. The van der Waals surface area contributed by atoms with E-state index in [-0.39, 0.29) is 5.91 Å². The fourth-order valence-electron chi connectivity index (χ4n) is 1.92. The van der Waals surface area contributed by atoms with Crippen molar-refractivity contribution < 1.29 is 9.53 Å². The SMILES string of the molecule is CCOCc1ccccc1CNC(=O)c1cc(C)c(Br)s1. The van der Waals surface area contributed by atoms with E-state index in [2.05, 4.69) is 21.2 Å². The maximum absolute atomic E-state index is 12.2. The zero-order valence-electron chi connectivity index (χ0n) is 12.1. The van der Waals surface area contributed by atoms with Gasteiger partial charge in [-0.25, -0.2) is 0 Å². The first-order chi connectivity index (χ1) is 10.1. The number of halogens is 1. The Labute approximate surface area is 137 Å². The van der Waals surface area contributed by atoms with E-state index in [1.165, 1.54) is 11.3 Å². The van der Waals surface area contributed by atoms with Crippen molar-refractivity contribution in [3.63, 3.8) is 0 Å². The number of ether oxygens (including phenoxy) is 1. The van der Waals surface area contributed by atoms with Crippen LogP contribution in [0.1, 0.15) is 33.3 Å². The maximum Gasteiger partial charge on any atom is 0.261 e. The molecule has 5 heteroatoms. The summed E-state index contributed by atoms with van der Waals surface area (Å²) in [5, 5.41) is 2.97. The summed E-state index contributed by atoms with van der Waals surface area (Å²) < 4.78 is 6.46. The number of amides is 1. The van der Waals surface area contributed by atoms with E-state index in [1.807, 2.05) is 44.2 Å². The smallest absolute Gasteiger partial charge is 0.261 e. The molecule has 0 fully saturated rings. The third-order valence-electron chi connectivity index (χ3n) is 3.10. The molecule has 0 bridgehead atoms. The normalized spacial score (nSPS) is 10.6. The van der Waals surface area contributed by atoms with Crippen LogP contribution in [0.5, 0.6) is 0 Å². The lowest BCUT2D eigenvalue weighted by Gasteiger charge is -2.10. The molecule has 2 rings (SSSR count). The molecule has 0 unspecified atom stereocenters. The number of hydrogen-bond acceptors (Lipinski definition) is 3. The molecule has 0 aliphatic heterocycles. The van der Waals surface area contributed by atoms with Crippen molar-refractivity contribution >= 4 is 33.2 Å². The second-order valence-electron chi connectivity index (χ2n) is 4.66. The molecule has 0 aliphatic carbocycles. The van der Waals surface area contributed by atoms with Gasteiger partial charge in [0.05, 0.1) is 15.3 Å². The van der Waals surface area contributed by atoms with E-state index in [1.54, 1.807) is 0 Å². The summed E-state index contributed by atoms with van der Waals surface area (Å²) in [6.07, 6.45) is 0. The van der Waals surface area contributed by atoms with Gasteiger partial charge in [0.2, 0.25) is 0 Å². The van der Waals surface area contributed by atoms with Crippen LogP contribution in [0.4, 0.5) is 0 Å². The minimum absolute atomic E-state index is 0.0417. The first-order valence-corrected chi connectivity index (χ1v) is 8.41. The summed E-state index contributed by atoms with van der Waals surface area (Å²) in [5.41, 5.74) is 3.29. The zero-order valence-corrected chi connectivity index (χ0v) is 14.5. The molecule has 0 saturated heterocycles. The summed E-state index contributed by atoms with van der Waals surface area (Å²) in [6.45, 7) is 5.72. The molecule has 0 atom stereocenters. The van der Waals surface area contributed by atoms with Crippen molar-refractivity contribution in [2.75, 3.05) is 6.61 Å². The van der Waals surface area contributed by atoms with E-state index in [0.29, 0.717) is 19.8 Å². The van der Waals surface area contributed by atoms with Gasteiger partial charge in [0.1, 0.15) is 0 Å². The number of hydrogen-bond donors (Lipinski definition) is 1. The molecule has 1 aromatic carbocycles. The van der Waals surface area contributed by atoms with Gasteiger partial charge in [-0.3, -0.25) is 4.79 Å². The molecule has 1 N–H and O–H groups in total. The Balaban J connectivity index is 2.01. The topological polar surface area (TPSA) is 38.3 Å². The third kappa shape index (κ3) is 4.40. The van der Waals surface area contributed by atoms with E-state index < -0.39 is 0 Å². The van der Waals surface area contributed by atoms with Gasteiger partial charge in [0.25, 0.3) is 5.91 Å². The lowest BCUT2D eigenvalue weighted by Crippen LogP contribution is -2.22. The van der Waals surface area contributed by atoms with Crippen molar-refractivity contribution in [1.82, 2.24) is 5.32 Å². The Bertz CT molecular complexity index is 605. The summed E-state index contributed by atoms with van der Waals surface area (Å²) >= 11 is 4.90. The molecule has 2 aromatic rings. The van der Waals surface area contributed by atoms with E-state index in [4.69, 9.17) is 4.74 Å². The lowest BCUT2D eigenvalue weighted by atomic mass is 10.1. The zero-order chi connectivity index (χ0) is 15.2. The van der Waals surface area contributed by atoms with Crippen molar-refractivity contribution in [1.29, 1.82) is 0 Å². The summed E-state index contributed by atoms with van der Waals surface area (Å²) in [4.78, 5) is 12.9. The van der Waals surface area contributed by atoms with E-state index in [9.17, 15) is 4.79 Å². The first-order valence-electron chi connectivity index (χ1n) is 6.80. The Hall–Kier alpha value is -1.17. The van der Waals surface area contributed by atoms with Gasteiger partial charge < -0.3 is 10.1 Å². The lowest BCUT2D eigenvalue weighted by molar-refractivity contribution is 0.0954. The summed E-state index contributed by atoms with van der Waals surface area (Å²) in [5.74, 6) is -0.0417. The number of thiophene rings is 1. The van der Waals surface area contributed by atoms with Gasteiger partial charge in [-0.2, -0.15) is 0 Å². The Morgan fingerprint density at radius 2 is 2.05 bits per heavy atom. The fraction of sp³-hybridized carbons (Fsp3) is 0.312. The molecule has 1 amide bonds. The van der Waals surface area contributed by atoms with Gasteiger partial charge in [0.15, 0.2) is 0 Å². The van der Waals surface area contributed by atoms with Crippen molar-refractivity contribution in [2.45, 2.75) is 27.0 Å². The highest BCUT2D eigenvalue weighted by Crippen LogP contribution is 2.27. The highest BCUT2D eigenvalue weighted by Gasteiger charge is 2.11. The monoisotopic (exact) mass is 367 g/mol. The molecule has 0 saturated carbocycles. The number of rotatable bonds is 6. The molecule has 0 radical (unpaired) electrons. The van der Waals surface area contributed by atoms with E-state index >= 15 is 0 Å². The van der Waals surface area contributed by atoms with Crippen LogP contribution in [0.3, 0.4) is 0 Å². The molecular formula is C16H18BrNO2S. The highest BCUT2D eigenvalue weighted by atomic mass is 79.9. The van der Waals surface area contributed by atoms with Crippen molar-refractivity contribution in [3.8, 4) is 0 Å². The standard InChI is InChI=1S/C16H18BrNO2S/c1-3-20-10-13-7-5-4-6-12(13)9-18-16(19)14-8-11(2)15(17)21-14/h4-8H,3,9-10H2,1-2H3,(H,18,19). The molecule has 3 nitrogen and oxygen atoms in total. The third-order valence-corrected chi connectivity index (χ3v) is 5.24. The number of benzene rings is 1. The summed E-state index contributed by atoms with van der Waals surface area (Å²) in [7, 11) is 0. The molecule has 1 heterocycles. The van der Waals surface area contributed by atoms with Crippen LogP contribution in [0.25, 0.3) is 0 Å². The quantitative estimate of drug-likeness (QED) is 0.826. The predicted octanol–water partition coefficient (Wildman–Crippen LogP) is 4.29. The molecule has 0 aliphatic rings. The van der Waals surface area contributed by atoms with E-state index in [0.717, 1.165) is 25.4 Å². The van der Waals surface area contributed by atoms with Gasteiger partial charge >= 0.3 is 0 Å². The fourth-order valence-corrected chi connectivity index (χ4v) is 3.37. The van der Waals surface area contributed by atoms with Crippen molar-refractivity contribution in [2.24, 2.45) is 0 Å². The van der Waals surface area contributed by atoms with Crippen LogP contribution in [0, 0.1) is 6.92 Å². The van der Waals surface area contributed by atoms with Crippen LogP contribution >= 0.6 is 27.3 Å². The minimum Gasteiger partial charge on any atom is -0.377 e. The van der Waals surface area contributed by atoms with Gasteiger partial charge in [0, 0.05) is 13.2 Å². The molecule has 0 spiro atoms. The molecule has 1 aromatic heterocycles. The van der Waals surface area contributed by atoms with Gasteiger partial charge in [-0.1, -0.05) is 24.3 Å². The Morgan fingerprint density at radius 3 is 2.67 bits per heavy atom. The first kappa shape index (κ1) is 16.2. The van der Waals surface area contributed by atoms with Crippen LogP contribution in [0.15, 0.2) is 34.1 Å². The number of nitrogens with one attached hydrogen (secondary N) is 1.